The molecule has 1 atom stereocenters. The second-order valence-corrected chi connectivity index (χ2v) is 5.95. The summed E-state index contributed by atoms with van der Waals surface area (Å²) >= 11 is 0. The van der Waals surface area contributed by atoms with Crippen LogP contribution in [0.25, 0.3) is 0 Å². The lowest BCUT2D eigenvalue weighted by Gasteiger charge is -2.23. The summed E-state index contributed by atoms with van der Waals surface area (Å²) in [6.07, 6.45) is 1.04. The fourth-order valence-electron chi connectivity index (χ4n) is 1.43. The highest BCUT2D eigenvalue weighted by Crippen LogP contribution is 2.18. The number of carbonyl (C=O) groups is 2. The van der Waals surface area contributed by atoms with E-state index in [2.05, 4.69) is 5.32 Å². The number of amides is 1. The molecule has 0 aromatic heterocycles. The molecule has 0 radical (unpaired) electrons. The van der Waals surface area contributed by atoms with Crippen molar-refractivity contribution in [2.45, 2.75) is 12.0 Å². The number of hydrogen-bond donors (Lipinski definition) is 2. The molecule has 1 saturated heterocycles. The van der Waals surface area contributed by atoms with Crippen LogP contribution in [0, 0.1) is 0 Å². The van der Waals surface area contributed by atoms with Gasteiger partial charge in [0.1, 0.15) is 5.75 Å². The zero-order valence-corrected chi connectivity index (χ0v) is 9.54. The second-order valence-electron chi connectivity index (χ2n) is 3.81. The molecule has 1 unspecified atom stereocenters. The van der Waals surface area contributed by atoms with Gasteiger partial charge < -0.3 is 15.2 Å². The summed E-state index contributed by atoms with van der Waals surface area (Å²) in [4.78, 5) is 22.3. The predicted molar refractivity (Wildman–Crippen MR) is 53.7 cm³/mol. The van der Waals surface area contributed by atoms with Crippen LogP contribution in [0.5, 0.6) is 0 Å². The Morgan fingerprint density at radius 3 is 2.50 bits per heavy atom. The first-order valence-corrected chi connectivity index (χ1v) is 6.61. The number of carboxylic acid groups (broad SMARTS) is 1. The van der Waals surface area contributed by atoms with Gasteiger partial charge in [0.25, 0.3) is 0 Å². The number of ether oxygens (including phenoxy) is 1. The monoisotopic (exact) mass is 251 g/mol. The zero-order valence-electron chi connectivity index (χ0n) is 8.73. The van der Waals surface area contributed by atoms with Crippen LogP contribution in [0.4, 0.5) is 0 Å². The maximum absolute atomic E-state index is 11.3. The summed E-state index contributed by atoms with van der Waals surface area (Å²) in [5.74, 6) is -2.76. The Bertz CT molecular complexity index is 395. The van der Waals surface area contributed by atoms with Gasteiger partial charge in [-0.25, -0.2) is 13.2 Å². The lowest BCUT2D eigenvalue weighted by atomic mass is 9.99. The molecule has 1 amide bonds. The van der Waals surface area contributed by atoms with Gasteiger partial charge >= 0.3 is 5.97 Å². The van der Waals surface area contributed by atoms with Crippen molar-refractivity contribution in [2.75, 3.05) is 25.2 Å². The maximum Gasteiger partial charge on any atom is 0.331 e. The molecule has 92 valence electrons. The van der Waals surface area contributed by atoms with Crippen LogP contribution in [-0.4, -0.2) is 56.2 Å². The first-order chi connectivity index (χ1) is 7.25. The number of sulfone groups is 1. The van der Waals surface area contributed by atoms with Crippen molar-refractivity contribution >= 4 is 21.7 Å². The lowest BCUT2D eigenvalue weighted by Crippen LogP contribution is -2.56. The van der Waals surface area contributed by atoms with Crippen molar-refractivity contribution in [3.8, 4) is 0 Å². The quantitative estimate of drug-likeness (QED) is 0.622. The third-order valence-corrected chi connectivity index (χ3v) is 2.99. The summed E-state index contributed by atoms with van der Waals surface area (Å²) in [7, 11) is -3.46. The van der Waals surface area contributed by atoms with Crippen molar-refractivity contribution in [2.24, 2.45) is 0 Å². The molecule has 0 aromatic carbocycles. The first-order valence-electron chi connectivity index (χ1n) is 4.55. The first kappa shape index (κ1) is 12.9. The van der Waals surface area contributed by atoms with Gasteiger partial charge in [0.05, 0.1) is 6.61 Å². The van der Waals surface area contributed by atoms with Crippen LogP contribution >= 0.6 is 0 Å². The molecule has 0 aliphatic carbocycles. The number of rotatable bonds is 4. The molecule has 1 aliphatic rings. The van der Waals surface area contributed by atoms with E-state index in [0.29, 0.717) is 0 Å². The SMILES string of the molecule is CS(=O)(=O)CC(=O)NC1(C(=O)O)CCOC1. The Morgan fingerprint density at radius 1 is 1.50 bits per heavy atom. The third kappa shape index (κ3) is 3.17. The van der Waals surface area contributed by atoms with Gasteiger partial charge in [0, 0.05) is 19.3 Å². The van der Waals surface area contributed by atoms with Crippen LogP contribution in [0.3, 0.4) is 0 Å². The average molecular weight is 251 g/mol. The minimum Gasteiger partial charge on any atom is -0.479 e. The average Bonchev–Trinajstić information content (AvgIpc) is 2.49. The highest BCUT2D eigenvalue weighted by Gasteiger charge is 2.44. The summed E-state index contributed by atoms with van der Waals surface area (Å²) in [5, 5.41) is 11.2. The van der Waals surface area contributed by atoms with Gasteiger partial charge in [-0.2, -0.15) is 0 Å². The van der Waals surface area contributed by atoms with E-state index >= 15 is 0 Å². The van der Waals surface area contributed by atoms with Crippen LogP contribution in [0.2, 0.25) is 0 Å². The van der Waals surface area contributed by atoms with E-state index in [0.717, 1.165) is 6.26 Å². The molecule has 1 fully saturated rings. The Labute approximate surface area is 92.7 Å². The fourth-order valence-corrected chi connectivity index (χ4v) is 1.98. The largest absolute Gasteiger partial charge is 0.479 e. The molecule has 2 N–H and O–H groups in total. The van der Waals surface area contributed by atoms with E-state index in [4.69, 9.17) is 9.84 Å². The standard InChI is InChI=1S/C8H13NO6S/c1-16(13,14)4-6(10)9-8(7(11)12)2-3-15-5-8/h2-5H2,1H3,(H,9,10)(H,11,12). The van der Waals surface area contributed by atoms with Gasteiger partial charge in [-0.1, -0.05) is 0 Å². The van der Waals surface area contributed by atoms with Crippen molar-refractivity contribution < 1.29 is 27.9 Å². The van der Waals surface area contributed by atoms with Crippen LogP contribution < -0.4 is 5.32 Å². The third-order valence-electron chi connectivity index (χ3n) is 2.20. The molecule has 0 bridgehead atoms. The van der Waals surface area contributed by atoms with E-state index in [1.54, 1.807) is 0 Å². The van der Waals surface area contributed by atoms with E-state index in [9.17, 15) is 18.0 Å². The Kier molecular flexibility index (Phi) is 3.54. The molecule has 1 rings (SSSR count). The number of nitrogens with one attached hydrogen (secondary N) is 1. The molecule has 1 heterocycles. The summed E-state index contributed by atoms with van der Waals surface area (Å²) < 4.78 is 26.6. The van der Waals surface area contributed by atoms with E-state index < -0.39 is 33.0 Å². The zero-order chi connectivity index (χ0) is 12.4. The molecule has 8 heteroatoms. The maximum atomic E-state index is 11.3. The molecule has 7 nitrogen and oxygen atoms in total. The molecule has 16 heavy (non-hydrogen) atoms. The summed E-state index contributed by atoms with van der Waals surface area (Å²) in [5.41, 5.74) is -1.48. The van der Waals surface area contributed by atoms with Crippen LogP contribution in [0.15, 0.2) is 0 Å². The molecule has 1 aliphatic heterocycles. The number of hydrogen-bond acceptors (Lipinski definition) is 5. The summed E-state index contributed by atoms with van der Waals surface area (Å²) in [6.45, 7) is 0.0866. The van der Waals surface area contributed by atoms with E-state index in [1.807, 2.05) is 0 Å². The lowest BCUT2D eigenvalue weighted by molar-refractivity contribution is -0.147. The number of carbonyl (C=O) groups excluding carboxylic acids is 1. The highest BCUT2D eigenvalue weighted by atomic mass is 32.2. The highest BCUT2D eigenvalue weighted by molar-refractivity contribution is 7.91. The van der Waals surface area contributed by atoms with E-state index in [1.165, 1.54) is 0 Å². The van der Waals surface area contributed by atoms with E-state index in [-0.39, 0.29) is 19.6 Å². The molecule has 0 spiro atoms. The van der Waals surface area contributed by atoms with Crippen molar-refractivity contribution in [1.82, 2.24) is 5.32 Å². The topological polar surface area (TPSA) is 110 Å². The second kappa shape index (κ2) is 4.38. The molecular weight excluding hydrogens is 238 g/mol. The minimum absolute atomic E-state index is 0.137. The minimum atomic E-state index is -3.46. The van der Waals surface area contributed by atoms with Crippen molar-refractivity contribution in [1.29, 1.82) is 0 Å². The Hall–Kier alpha value is -1.15. The smallest absolute Gasteiger partial charge is 0.331 e. The number of aliphatic carboxylic acids is 1. The Morgan fingerprint density at radius 2 is 2.12 bits per heavy atom. The van der Waals surface area contributed by atoms with Gasteiger partial charge in [0.15, 0.2) is 15.4 Å². The van der Waals surface area contributed by atoms with Crippen molar-refractivity contribution in [3.05, 3.63) is 0 Å². The van der Waals surface area contributed by atoms with Crippen LogP contribution in [0.1, 0.15) is 6.42 Å². The van der Waals surface area contributed by atoms with Gasteiger partial charge in [-0.05, 0) is 0 Å². The van der Waals surface area contributed by atoms with Gasteiger partial charge in [-0.3, -0.25) is 4.79 Å². The Balaban J connectivity index is 2.70. The fraction of sp³-hybridized carbons (Fsp3) is 0.750. The van der Waals surface area contributed by atoms with Gasteiger partial charge in [0.2, 0.25) is 5.91 Å². The predicted octanol–water partition coefficient (Wildman–Crippen LogP) is -1.61. The van der Waals surface area contributed by atoms with Gasteiger partial charge in [-0.15, -0.1) is 0 Å². The molecule has 0 aromatic rings. The van der Waals surface area contributed by atoms with Crippen LogP contribution in [-0.2, 0) is 24.2 Å². The molecule has 0 saturated carbocycles. The van der Waals surface area contributed by atoms with Crippen molar-refractivity contribution in [3.63, 3.8) is 0 Å². The number of carboxylic acids is 1. The normalized spacial score (nSPS) is 25.3. The summed E-state index contributed by atoms with van der Waals surface area (Å²) in [6, 6.07) is 0. The molecular formula is C8H13NO6S.